The van der Waals surface area contributed by atoms with E-state index in [1.54, 1.807) is 18.5 Å². The van der Waals surface area contributed by atoms with Crippen LogP contribution in [-0.4, -0.2) is 40.0 Å². The zero-order valence-corrected chi connectivity index (χ0v) is 12.6. The molecule has 1 amide bonds. The molecule has 0 N–H and O–H groups in total. The van der Waals surface area contributed by atoms with E-state index in [2.05, 4.69) is 9.97 Å². The van der Waals surface area contributed by atoms with Crippen molar-refractivity contribution in [3.63, 3.8) is 0 Å². The number of carbonyl (C=O) groups excluding carboxylic acids is 1. The number of amides is 1. The van der Waals surface area contributed by atoms with Crippen molar-refractivity contribution in [1.29, 1.82) is 0 Å². The number of nitrogens with zero attached hydrogens (tertiary/aromatic N) is 3. The van der Waals surface area contributed by atoms with Crippen molar-refractivity contribution < 1.29 is 9.53 Å². The number of aryl methyl sites for hydroxylation is 1. The van der Waals surface area contributed by atoms with Crippen LogP contribution in [0.2, 0.25) is 0 Å². The van der Waals surface area contributed by atoms with Gasteiger partial charge in [-0.15, -0.1) is 0 Å². The molecule has 1 aliphatic rings. The molecule has 3 rings (SSSR count). The maximum Gasteiger partial charge on any atom is 0.316 e. The molecule has 5 heteroatoms. The lowest BCUT2D eigenvalue weighted by atomic mass is 10.1. The lowest BCUT2D eigenvalue weighted by molar-refractivity contribution is 0.0515. The Bertz CT molecular complexity index is 645. The summed E-state index contributed by atoms with van der Waals surface area (Å²) in [5.74, 6) is 0.0611. The molecule has 2 heterocycles. The zero-order valence-electron chi connectivity index (χ0n) is 12.6. The van der Waals surface area contributed by atoms with Gasteiger partial charge in [0.05, 0.1) is 6.54 Å². The van der Waals surface area contributed by atoms with Gasteiger partial charge in [0.15, 0.2) is 0 Å². The third-order valence-electron chi connectivity index (χ3n) is 3.74. The van der Waals surface area contributed by atoms with E-state index in [1.165, 1.54) is 0 Å². The van der Waals surface area contributed by atoms with E-state index in [0.29, 0.717) is 12.6 Å². The van der Waals surface area contributed by atoms with Gasteiger partial charge in [-0.1, -0.05) is 17.7 Å². The molecule has 5 nitrogen and oxygen atoms in total. The maximum atomic E-state index is 12.6. The molecule has 114 valence electrons. The van der Waals surface area contributed by atoms with Crippen molar-refractivity contribution in [1.82, 2.24) is 14.9 Å². The van der Waals surface area contributed by atoms with Gasteiger partial charge < -0.3 is 9.64 Å². The molecule has 1 aromatic carbocycles. The lowest BCUT2D eigenvalue weighted by Gasteiger charge is -2.32. The second-order valence-corrected chi connectivity index (χ2v) is 5.53. The molecular weight excluding hydrogens is 278 g/mol. The summed E-state index contributed by atoms with van der Waals surface area (Å²) in [6.07, 6.45) is 5.09. The Hall–Kier alpha value is -2.43. The van der Waals surface area contributed by atoms with Crippen LogP contribution in [0.15, 0.2) is 42.7 Å². The molecule has 1 saturated heterocycles. The molecule has 1 fully saturated rings. The standard InChI is InChI=1S/C17H19N3O2/c1-13-5-2-6-14(11-13)16(21)20-10-3-7-15(12-20)22-17-18-8-4-9-19-17/h2,4-6,8-9,11,15H,3,7,10,12H2,1H3. The Morgan fingerprint density at radius 2 is 2.09 bits per heavy atom. The molecule has 22 heavy (non-hydrogen) atoms. The number of ether oxygens (including phenoxy) is 1. The molecule has 1 unspecified atom stereocenters. The van der Waals surface area contributed by atoms with Gasteiger partial charge in [-0.3, -0.25) is 4.79 Å². The highest BCUT2D eigenvalue weighted by Crippen LogP contribution is 2.17. The Kier molecular flexibility index (Phi) is 4.32. The Morgan fingerprint density at radius 1 is 1.27 bits per heavy atom. The van der Waals surface area contributed by atoms with E-state index in [9.17, 15) is 4.79 Å². The van der Waals surface area contributed by atoms with Crippen LogP contribution in [0.3, 0.4) is 0 Å². The van der Waals surface area contributed by atoms with Crippen molar-refractivity contribution >= 4 is 5.91 Å². The number of hydrogen-bond acceptors (Lipinski definition) is 4. The summed E-state index contributed by atoms with van der Waals surface area (Å²) in [6, 6.07) is 9.82. The summed E-state index contributed by atoms with van der Waals surface area (Å²) in [5, 5.41) is 0. The average molecular weight is 297 g/mol. The fraction of sp³-hybridized carbons (Fsp3) is 0.353. The largest absolute Gasteiger partial charge is 0.458 e. The molecule has 0 spiro atoms. The minimum atomic E-state index is -0.0510. The van der Waals surface area contributed by atoms with Crippen LogP contribution in [0.25, 0.3) is 0 Å². The normalized spacial score (nSPS) is 18.0. The summed E-state index contributed by atoms with van der Waals surface area (Å²) in [4.78, 5) is 22.6. The van der Waals surface area contributed by atoms with E-state index in [4.69, 9.17) is 4.74 Å². The van der Waals surface area contributed by atoms with Crippen LogP contribution in [-0.2, 0) is 0 Å². The van der Waals surface area contributed by atoms with Crippen LogP contribution < -0.4 is 4.74 Å². The molecule has 1 atom stereocenters. The van der Waals surface area contributed by atoms with E-state index >= 15 is 0 Å². The first-order valence-electron chi connectivity index (χ1n) is 7.52. The molecule has 0 radical (unpaired) electrons. The number of carbonyl (C=O) groups is 1. The SMILES string of the molecule is Cc1cccc(C(=O)N2CCCC(Oc3ncccn3)C2)c1. The Labute approximate surface area is 130 Å². The van der Waals surface area contributed by atoms with Crippen LogP contribution in [0.1, 0.15) is 28.8 Å². The molecular formula is C17H19N3O2. The van der Waals surface area contributed by atoms with Gasteiger partial charge in [0, 0.05) is 24.5 Å². The number of piperidine rings is 1. The van der Waals surface area contributed by atoms with Gasteiger partial charge in [-0.05, 0) is 38.0 Å². The average Bonchev–Trinajstić information content (AvgIpc) is 2.55. The summed E-state index contributed by atoms with van der Waals surface area (Å²) in [7, 11) is 0. The number of likely N-dealkylation sites (tertiary alicyclic amines) is 1. The van der Waals surface area contributed by atoms with Crippen molar-refractivity contribution in [2.45, 2.75) is 25.9 Å². The first-order chi connectivity index (χ1) is 10.7. The van der Waals surface area contributed by atoms with Crippen molar-refractivity contribution in [2.75, 3.05) is 13.1 Å². The molecule has 2 aromatic rings. The van der Waals surface area contributed by atoms with Gasteiger partial charge in [0.25, 0.3) is 5.91 Å². The molecule has 1 aliphatic heterocycles. The van der Waals surface area contributed by atoms with Crippen LogP contribution in [0.4, 0.5) is 0 Å². The molecule has 0 saturated carbocycles. The van der Waals surface area contributed by atoms with E-state index in [-0.39, 0.29) is 12.0 Å². The molecule has 0 bridgehead atoms. The predicted octanol–water partition coefficient (Wildman–Crippen LogP) is 2.47. The summed E-state index contributed by atoms with van der Waals surface area (Å²) >= 11 is 0. The van der Waals surface area contributed by atoms with Gasteiger partial charge in [-0.2, -0.15) is 0 Å². The van der Waals surface area contributed by atoms with Crippen molar-refractivity contribution in [3.05, 3.63) is 53.9 Å². The fourth-order valence-electron chi connectivity index (χ4n) is 2.67. The fourth-order valence-corrected chi connectivity index (χ4v) is 2.67. The minimum Gasteiger partial charge on any atom is -0.458 e. The van der Waals surface area contributed by atoms with Gasteiger partial charge in [0.1, 0.15) is 6.10 Å². The summed E-state index contributed by atoms with van der Waals surface area (Å²) < 4.78 is 5.78. The maximum absolute atomic E-state index is 12.6. The highest BCUT2D eigenvalue weighted by molar-refractivity contribution is 5.94. The minimum absolute atomic E-state index is 0.0510. The third kappa shape index (κ3) is 3.42. The smallest absolute Gasteiger partial charge is 0.316 e. The van der Waals surface area contributed by atoms with E-state index in [1.807, 2.05) is 36.1 Å². The van der Waals surface area contributed by atoms with Crippen LogP contribution in [0, 0.1) is 6.92 Å². The first-order valence-corrected chi connectivity index (χ1v) is 7.52. The molecule has 1 aromatic heterocycles. The monoisotopic (exact) mass is 297 g/mol. The number of benzene rings is 1. The quantitative estimate of drug-likeness (QED) is 0.873. The number of rotatable bonds is 3. The Balaban J connectivity index is 1.66. The topological polar surface area (TPSA) is 55.3 Å². The number of hydrogen-bond donors (Lipinski definition) is 0. The van der Waals surface area contributed by atoms with E-state index in [0.717, 1.165) is 30.5 Å². The zero-order chi connectivity index (χ0) is 15.4. The summed E-state index contributed by atoms with van der Waals surface area (Å²) in [5.41, 5.74) is 1.82. The summed E-state index contributed by atoms with van der Waals surface area (Å²) in [6.45, 7) is 3.33. The first kappa shape index (κ1) is 14.5. The van der Waals surface area contributed by atoms with Gasteiger partial charge in [0.2, 0.25) is 0 Å². The lowest BCUT2D eigenvalue weighted by Crippen LogP contribution is -2.44. The van der Waals surface area contributed by atoms with Crippen LogP contribution in [0.5, 0.6) is 6.01 Å². The van der Waals surface area contributed by atoms with E-state index < -0.39 is 0 Å². The second kappa shape index (κ2) is 6.56. The molecule has 0 aliphatic carbocycles. The van der Waals surface area contributed by atoms with Gasteiger partial charge in [-0.25, -0.2) is 9.97 Å². The highest BCUT2D eigenvalue weighted by Gasteiger charge is 2.26. The van der Waals surface area contributed by atoms with Crippen LogP contribution >= 0.6 is 0 Å². The predicted molar refractivity (Wildman–Crippen MR) is 82.8 cm³/mol. The van der Waals surface area contributed by atoms with Crippen molar-refractivity contribution in [2.24, 2.45) is 0 Å². The third-order valence-corrected chi connectivity index (χ3v) is 3.74. The second-order valence-electron chi connectivity index (χ2n) is 5.53. The van der Waals surface area contributed by atoms with Gasteiger partial charge >= 0.3 is 6.01 Å². The Morgan fingerprint density at radius 3 is 2.86 bits per heavy atom. The highest BCUT2D eigenvalue weighted by atomic mass is 16.5. The van der Waals surface area contributed by atoms with Crippen molar-refractivity contribution in [3.8, 4) is 6.01 Å². The number of aromatic nitrogens is 2.